The normalized spacial score (nSPS) is 17.0. The summed E-state index contributed by atoms with van der Waals surface area (Å²) in [5.41, 5.74) is 1.95. The molecule has 1 aliphatic heterocycles. The van der Waals surface area contributed by atoms with Crippen LogP contribution in [0.1, 0.15) is 38.7 Å². The predicted octanol–water partition coefficient (Wildman–Crippen LogP) is 3.59. The number of carboxylic acids is 1. The van der Waals surface area contributed by atoms with Gasteiger partial charge in [0.1, 0.15) is 10.4 Å². The van der Waals surface area contributed by atoms with Gasteiger partial charge in [0.2, 0.25) is 5.91 Å². The van der Waals surface area contributed by atoms with Crippen molar-refractivity contribution in [1.82, 2.24) is 10.2 Å². The van der Waals surface area contributed by atoms with E-state index < -0.39 is 17.9 Å². The van der Waals surface area contributed by atoms with Crippen molar-refractivity contribution in [2.75, 3.05) is 6.54 Å². The van der Waals surface area contributed by atoms with Crippen LogP contribution in [0.3, 0.4) is 0 Å². The second-order valence-corrected chi connectivity index (χ2v) is 8.31. The molecule has 0 bridgehead atoms. The van der Waals surface area contributed by atoms with Crippen LogP contribution in [0, 0.1) is 0 Å². The van der Waals surface area contributed by atoms with Gasteiger partial charge >= 0.3 is 5.97 Å². The van der Waals surface area contributed by atoms with Crippen LogP contribution in [0.4, 0.5) is 0 Å². The number of hydrogen-bond donors (Lipinski definition) is 2. The Labute approximate surface area is 180 Å². The van der Waals surface area contributed by atoms with E-state index in [4.69, 9.17) is 17.3 Å². The highest BCUT2D eigenvalue weighted by Crippen LogP contribution is 2.32. The van der Waals surface area contributed by atoms with Crippen LogP contribution in [0.15, 0.2) is 46.9 Å². The van der Waals surface area contributed by atoms with Gasteiger partial charge in [-0.3, -0.25) is 14.5 Å². The summed E-state index contributed by atoms with van der Waals surface area (Å²) in [5, 5.41) is 11.6. The van der Waals surface area contributed by atoms with E-state index >= 15 is 0 Å². The Bertz CT molecular complexity index is 849. The summed E-state index contributed by atoms with van der Waals surface area (Å²) in [6, 6.07) is 8.87. The second kappa shape index (κ2) is 10.9. The molecule has 0 spiro atoms. The van der Waals surface area contributed by atoms with E-state index in [1.54, 1.807) is 6.08 Å². The predicted molar refractivity (Wildman–Crippen MR) is 119 cm³/mol. The summed E-state index contributed by atoms with van der Waals surface area (Å²) in [5.74, 6) is -1.71. The molecular formula is C21H24N2O4S2. The molecule has 6 nitrogen and oxygen atoms in total. The number of benzene rings is 1. The first kappa shape index (κ1) is 22.8. The second-order valence-electron chi connectivity index (χ2n) is 6.63. The van der Waals surface area contributed by atoms with Crippen LogP contribution >= 0.6 is 24.0 Å². The first-order chi connectivity index (χ1) is 13.8. The van der Waals surface area contributed by atoms with E-state index in [1.165, 1.54) is 16.7 Å². The molecule has 1 aromatic rings. The molecule has 0 saturated carbocycles. The number of aliphatic carboxylic acids is 1. The SMILES string of the molecule is CCCC(NC(=O)CCN1C(=O)/C(=C\C(C)=C/c2ccccc2)SC1=S)C(=O)O. The standard InChI is InChI=1S/C21H24N2O4S2/c1-3-7-16(20(26)27)22-18(24)10-11-23-19(25)17(29-21(23)28)13-14(2)12-15-8-5-4-6-9-15/h4-6,8-9,12-13,16H,3,7,10-11H2,1-2H3,(H,22,24)(H,26,27)/b14-12-,17-13+. The van der Waals surface area contributed by atoms with Crippen molar-refractivity contribution in [3.63, 3.8) is 0 Å². The molecule has 0 radical (unpaired) electrons. The minimum atomic E-state index is -1.06. The molecule has 1 unspecified atom stereocenters. The lowest BCUT2D eigenvalue weighted by Gasteiger charge is -2.16. The zero-order chi connectivity index (χ0) is 21.4. The van der Waals surface area contributed by atoms with Crippen molar-refractivity contribution in [1.29, 1.82) is 0 Å². The van der Waals surface area contributed by atoms with Crippen molar-refractivity contribution in [2.45, 2.75) is 39.2 Å². The number of thioether (sulfide) groups is 1. The molecule has 2 rings (SSSR count). The van der Waals surface area contributed by atoms with Crippen LogP contribution in [0.2, 0.25) is 0 Å². The van der Waals surface area contributed by atoms with Gasteiger partial charge in [-0.05, 0) is 30.6 Å². The molecule has 2 N–H and O–H groups in total. The molecule has 1 fully saturated rings. The van der Waals surface area contributed by atoms with E-state index in [0.717, 1.165) is 11.1 Å². The Morgan fingerprint density at radius 1 is 1.31 bits per heavy atom. The molecule has 29 heavy (non-hydrogen) atoms. The first-order valence-electron chi connectivity index (χ1n) is 9.32. The van der Waals surface area contributed by atoms with E-state index in [0.29, 0.717) is 22.1 Å². The fourth-order valence-corrected chi connectivity index (χ4v) is 4.14. The van der Waals surface area contributed by atoms with Crippen LogP contribution < -0.4 is 5.32 Å². The topological polar surface area (TPSA) is 86.7 Å². The van der Waals surface area contributed by atoms with Gasteiger partial charge in [0.05, 0.1) is 4.91 Å². The lowest BCUT2D eigenvalue weighted by molar-refractivity contribution is -0.142. The van der Waals surface area contributed by atoms with E-state index in [-0.39, 0.29) is 18.9 Å². The number of rotatable bonds is 9. The molecular weight excluding hydrogens is 408 g/mol. The summed E-state index contributed by atoms with van der Waals surface area (Å²) in [4.78, 5) is 37.8. The fourth-order valence-electron chi connectivity index (χ4n) is 2.78. The van der Waals surface area contributed by atoms with E-state index in [2.05, 4.69) is 5.32 Å². The number of nitrogens with zero attached hydrogens (tertiary/aromatic N) is 1. The quantitative estimate of drug-likeness (QED) is 0.458. The third kappa shape index (κ3) is 6.83. The van der Waals surface area contributed by atoms with Crippen LogP contribution in [0.25, 0.3) is 6.08 Å². The minimum Gasteiger partial charge on any atom is -0.480 e. The number of carbonyl (C=O) groups excluding carboxylic acids is 2. The van der Waals surface area contributed by atoms with Crippen LogP contribution in [-0.2, 0) is 14.4 Å². The molecule has 0 aliphatic carbocycles. The number of carboxylic acid groups (broad SMARTS) is 1. The number of thiocarbonyl (C=S) groups is 1. The Kier molecular flexibility index (Phi) is 8.60. The van der Waals surface area contributed by atoms with Crippen LogP contribution in [-0.4, -0.2) is 44.7 Å². The Morgan fingerprint density at radius 2 is 2.00 bits per heavy atom. The van der Waals surface area contributed by atoms with Gasteiger partial charge in [-0.1, -0.05) is 73.7 Å². The van der Waals surface area contributed by atoms with Crippen molar-refractivity contribution >= 4 is 52.2 Å². The summed E-state index contributed by atoms with van der Waals surface area (Å²) in [6.45, 7) is 3.88. The molecule has 1 heterocycles. The third-order valence-electron chi connectivity index (χ3n) is 4.20. The van der Waals surface area contributed by atoms with Gasteiger partial charge in [0.25, 0.3) is 5.91 Å². The Balaban J connectivity index is 1.97. The van der Waals surface area contributed by atoms with Crippen molar-refractivity contribution in [2.24, 2.45) is 0 Å². The molecule has 154 valence electrons. The zero-order valence-corrected chi connectivity index (χ0v) is 18.0. The molecule has 1 atom stereocenters. The van der Waals surface area contributed by atoms with Gasteiger partial charge in [-0.2, -0.15) is 0 Å². The summed E-state index contributed by atoms with van der Waals surface area (Å²) in [7, 11) is 0. The highest BCUT2D eigenvalue weighted by Gasteiger charge is 2.32. The molecule has 1 saturated heterocycles. The van der Waals surface area contributed by atoms with Gasteiger partial charge in [-0.25, -0.2) is 4.79 Å². The number of amides is 2. The van der Waals surface area contributed by atoms with Gasteiger partial charge in [0, 0.05) is 13.0 Å². The highest BCUT2D eigenvalue weighted by molar-refractivity contribution is 8.26. The van der Waals surface area contributed by atoms with Crippen molar-refractivity contribution in [3.05, 3.63) is 52.4 Å². The first-order valence-corrected chi connectivity index (χ1v) is 10.5. The fraction of sp³-hybridized carbons (Fsp3) is 0.333. The number of nitrogens with one attached hydrogen (secondary N) is 1. The summed E-state index contributed by atoms with van der Waals surface area (Å²) in [6.07, 6.45) is 4.75. The molecule has 1 aliphatic rings. The van der Waals surface area contributed by atoms with Crippen LogP contribution in [0.5, 0.6) is 0 Å². The third-order valence-corrected chi connectivity index (χ3v) is 5.58. The zero-order valence-electron chi connectivity index (χ0n) is 16.4. The summed E-state index contributed by atoms with van der Waals surface area (Å²) >= 11 is 6.48. The molecule has 8 heteroatoms. The molecule has 1 aromatic carbocycles. The Morgan fingerprint density at radius 3 is 2.62 bits per heavy atom. The highest BCUT2D eigenvalue weighted by atomic mass is 32.2. The lowest BCUT2D eigenvalue weighted by atomic mass is 10.1. The number of hydrogen-bond acceptors (Lipinski definition) is 5. The maximum absolute atomic E-state index is 12.6. The van der Waals surface area contributed by atoms with Gasteiger partial charge < -0.3 is 10.4 Å². The van der Waals surface area contributed by atoms with Gasteiger partial charge in [0.15, 0.2) is 0 Å². The maximum atomic E-state index is 12.6. The molecule has 0 aromatic heterocycles. The van der Waals surface area contributed by atoms with E-state index in [9.17, 15) is 14.4 Å². The van der Waals surface area contributed by atoms with Crippen molar-refractivity contribution < 1.29 is 19.5 Å². The lowest BCUT2D eigenvalue weighted by Crippen LogP contribution is -2.42. The smallest absolute Gasteiger partial charge is 0.326 e. The van der Waals surface area contributed by atoms with Crippen molar-refractivity contribution in [3.8, 4) is 0 Å². The monoisotopic (exact) mass is 432 g/mol. The van der Waals surface area contributed by atoms with Gasteiger partial charge in [-0.15, -0.1) is 0 Å². The number of allylic oxidation sites excluding steroid dienone is 2. The average Bonchev–Trinajstić information content (AvgIpc) is 2.93. The Hall–Kier alpha value is -2.45. The maximum Gasteiger partial charge on any atom is 0.326 e. The van der Waals surface area contributed by atoms with E-state index in [1.807, 2.05) is 50.3 Å². The minimum absolute atomic E-state index is 0.00789. The summed E-state index contributed by atoms with van der Waals surface area (Å²) < 4.78 is 0.393. The number of carbonyl (C=O) groups is 3. The molecule has 2 amide bonds. The largest absolute Gasteiger partial charge is 0.480 e. The average molecular weight is 433 g/mol.